The van der Waals surface area contributed by atoms with Crippen molar-refractivity contribution in [2.75, 3.05) is 13.1 Å². The summed E-state index contributed by atoms with van der Waals surface area (Å²) >= 11 is 4.85. The molecule has 0 radical (unpaired) electrons. The van der Waals surface area contributed by atoms with Crippen LogP contribution in [0.4, 0.5) is 0 Å². The summed E-state index contributed by atoms with van der Waals surface area (Å²) in [6.45, 7) is 3.21. The van der Waals surface area contributed by atoms with Gasteiger partial charge in [0, 0.05) is 18.5 Å². The van der Waals surface area contributed by atoms with E-state index in [0.29, 0.717) is 18.0 Å². The van der Waals surface area contributed by atoms with E-state index in [0.717, 1.165) is 16.8 Å². The van der Waals surface area contributed by atoms with Gasteiger partial charge in [0.2, 0.25) is 0 Å². The average molecular weight is 304 g/mol. The van der Waals surface area contributed by atoms with E-state index in [9.17, 15) is 9.90 Å². The zero-order chi connectivity index (χ0) is 11.7. The lowest BCUT2D eigenvalue weighted by Gasteiger charge is -2.34. The van der Waals surface area contributed by atoms with Crippen molar-refractivity contribution in [3.05, 3.63) is 20.8 Å². The molecule has 2 unspecified atom stereocenters. The van der Waals surface area contributed by atoms with Crippen molar-refractivity contribution in [1.82, 2.24) is 4.90 Å². The lowest BCUT2D eigenvalue weighted by Crippen LogP contribution is -2.45. The summed E-state index contributed by atoms with van der Waals surface area (Å²) in [5, 5.41) is 11.6. The number of aliphatic hydroxyl groups excluding tert-OH is 1. The number of nitrogens with zero attached hydrogens (tertiary/aromatic N) is 1. The Kier molecular flexibility index (Phi) is 3.66. The summed E-state index contributed by atoms with van der Waals surface area (Å²) in [7, 11) is 0. The number of piperidine rings is 1. The molecule has 0 saturated carbocycles. The smallest absolute Gasteiger partial charge is 0.254 e. The van der Waals surface area contributed by atoms with E-state index in [1.54, 1.807) is 4.90 Å². The first-order chi connectivity index (χ1) is 7.58. The first-order valence-electron chi connectivity index (χ1n) is 5.29. The van der Waals surface area contributed by atoms with Crippen LogP contribution in [0.25, 0.3) is 0 Å². The molecule has 1 aromatic heterocycles. The van der Waals surface area contributed by atoms with Crippen LogP contribution in [0.15, 0.2) is 15.2 Å². The molecule has 1 aliphatic heterocycles. The van der Waals surface area contributed by atoms with Crippen LogP contribution >= 0.6 is 27.3 Å². The summed E-state index contributed by atoms with van der Waals surface area (Å²) < 4.78 is 0.960. The molecule has 1 aromatic rings. The van der Waals surface area contributed by atoms with Crippen molar-refractivity contribution in [1.29, 1.82) is 0 Å². The van der Waals surface area contributed by atoms with Crippen LogP contribution in [0.3, 0.4) is 0 Å². The maximum absolute atomic E-state index is 12.1. The minimum atomic E-state index is -0.389. The van der Waals surface area contributed by atoms with Crippen LogP contribution in [0, 0.1) is 5.92 Å². The van der Waals surface area contributed by atoms with Gasteiger partial charge in [0.25, 0.3) is 5.91 Å². The monoisotopic (exact) mass is 303 g/mol. The molecule has 0 bridgehead atoms. The summed E-state index contributed by atoms with van der Waals surface area (Å²) in [4.78, 5) is 13.8. The second kappa shape index (κ2) is 4.85. The van der Waals surface area contributed by atoms with E-state index >= 15 is 0 Å². The molecule has 0 aromatic carbocycles. The number of likely N-dealkylation sites (tertiary alicyclic amines) is 1. The van der Waals surface area contributed by atoms with Crippen LogP contribution in [-0.2, 0) is 0 Å². The lowest BCUT2D eigenvalue weighted by atomic mass is 9.96. The number of carbonyl (C=O) groups is 1. The summed E-state index contributed by atoms with van der Waals surface area (Å²) in [5.41, 5.74) is 0.707. The third-order valence-electron chi connectivity index (χ3n) is 3.02. The zero-order valence-electron chi connectivity index (χ0n) is 9.02. The molecule has 0 spiro atoms. The third-order valence-corrected chi connectivity index (χ3v) is 4.52. The lowest BCUT2D eigenvalue weighted by molar-refractivity contribution is 0.0249. The van der Waals surface area contributed by atoms with Crippen molar-refractivity contribution in [3.63, 3.8) is 0 Å². The van der Waals surface area contributed by atoms with Crippen LogP contribution < -0.4 is 0 Å². The van der Waals surface area contributed by atoms with Crippen LogP contribution in [0.1, 0.15) is 23.7 Å². The Morgan fingerprint density at radius 1 is 1.69 bits per heavy atom. The van der Waals surface area contributed by atoms with Crippen molar-refractivity contribution in [3.8, 4) is 0 Å². The highest BCUT2D eigenvalue weighted by Crippen LogP contribution is 2.24. The Hall–Kier alpha value is -0.390. The number of hydrogen-bond donors (Lipinski definition) is 1. The molecule has 1 fully saturated rings. The fourth-order valence-corrected chi connectivity index (χ4v) is 2.97. The second-order valence-corrected chi connectivity index (χ2v) is 6.51. The minimum absolute atomic E-state index is 0.0212. The molecule has 1 saturated heterocycles. The summed E-state index contributed by atoms with van der Waals surface area (Å²) in [6, 6.07) is 1.83. The van der Waals surface area contributed by atoms with Crippen molar-refractivity contribution >= 4 is 33.2 Å². The average Bonchev–Trinajstić information content (AvgIpc) is 2.68. The fourth-order valence-electron chi connectivity index (χ4n) is 1.84. The van der Waals surface area contributed by atoms with Crippen molar-refractivity contribution < 1.29 is 9.90 Å². The highest BCUT2D eigenvalue weighted by atomic mass is 79.9. The third kappa shape index (κ3) is 2.47. The zero-order valence-corrected chi connectivity index (χ0v) is 11.4. The molecule has 2 heterocycles. The van der Waals surface area contributed by atoms with Gasteiger partial charge in [-0.25, -0.2) is 0 Å². The molecule has 2 atom stereocenters. The van der Waals surface area contributed by atoms with E-state index < -0.39 is 0 Å². The molecule has 2 rings (SSSR count). The second-order valence-electron chi connectivity index (χ2n) is 4.22. The quantitative estimate of drug-likeness (QED) is 0.865. The van der Waals surface area contributed by atoms with Gasteiger partial charge in [-0.15, -0.1) is 11.3 Å². The SMILES string of the molecule is CC1CCN(C(=O)c2csc(Br)c2)CC1O. The van der Waals surface area contributed by atoms with Gasteiger partial charge >= 0.3 is 0 Å². The predicted octanol–water partition coefficient (Wildman–Crippen LogP) is 2.35. The molecular formula is C11H14BrNO2S. The molecule has 1 N–H and O–H groups in total. The maximum Gasteiger partial charge on any atom is 0.254 e. The maximum atomic E-state index is 12.1. The number of β-amino-alcohol motifs (C(OH)–C–C–N with tert-alkyl or cyclic N) is 1. The first kappa shape index (κ1) is 12.1. The molecular weight excluding hydrogens is 290 g/mol. The van der Waals surface area contributed by atoms with Gasteiger partial charge in [0.15, 0.2) is 0 Å². The number of aliphatic hydroxyl groups is 1. The Bertz CT molecular complexity index is 393. The molecule has 88 valence electrons. The number of rotatable bonds is 1. The minimum Gasteiger partial charge on any atom is -0.391 e. The largest absolute Gasteiger partial charge is 0.391 e. The van der Waals surface area contributed by atoms with Gasteiger partial charge in [-0.2, -0.15) is 0 Å². The Balaban J connectivity index is 2.06. The van der Waals surface area contributed by atoms with Crippen LogP contribution in [0.2, 0.25) is 0 Å². The molecule has 1 amide bonds. The number of amides is 1. The van der Waals surface area contributed by atoms with Crippen molar-refractivity contribution in [2.24, 2.45) is 5.92 Å². The normalized spacial score (nSPS) is 25.8. The molecule has 5 heteroatoms. The Morgan fingerprint density at radius 2 is 2.44 bits per heavy atom. The van der Waals surface area contributed by atoms with Gasteiger partial charge in [-0.05, 0) is 34.3 Å². The summed E-state index contributed by atoms with van der Waals surface area (Å²) in [5.74, 6) is 0.311. The summed E-state index contributed by atoms with van der Waals surface area (Å²) in [6.07, 6.45) is 0.484. The van der Waals surface area contributed by atoms with Gasteiger partial charge in [-0.3, -0.25) is 4.79 Å². The molecule has 3 nitrogen and oxygen atoms in total. The van der Waals surface area contributed by atoms with Crippen LogP contribution in [-0.4, -0.2) is 35.1 Å². The number of halogens is 1. The van der Waals surface area contributed by atoms with Gasteiger partial charge in [0.05, 0.1) is 15.5 Å². The van der Waals surface area contributed by atoms with Gasteiger partial charge < -0.3 is 10.0 Å². The topological polar surface area (TPSA) is 40.5 Å². The number of hydrogen-bond acceptors (Lipinski definition) is 3. The highest BCUT2D eigenvalue weighted by molar-refractivity contribution is 9.11. The Morgan fingerprint density at radius 3 is 3.00 bits per heavy atom. The predicted molar refractivity (Wildman–Crippen MR) is 67.7 cm³/mol. The van der Waals surface area contributed by atoms with E-state index in [1.807, 2.05) is 18.4 Å². The van der Waals surface area contributed by atoms with Crippen LogP contribution in [0.5, 0.6) is 0 Å². The van der Waals surface area contributed by atoms with E-state index in [4.69, 9.17) is 0 Å². The molecule has 16 heavy (non-hydrogen) atoms. The Labute approximate surface area is 107 Å². The first-order valence-corrected chi connectivity index (χ1v) is 6.96. The van der Waals surface area contributed by atoms with E-state index in [1.165, 1.54) is 11.3 Å². The van der Waals surface area contributed by atoms with Gasteiger partial charge in [0.1, 0.15) is 0 Å². The molecule has 1 aliphatic rings. The number of carbonyl (C=O) groups excluding carboxylic acids is 1. The fraction of sp³-hybridized carbons (Fsp3) is 0.545. The standard InChI is InChI=1S/C11H14BrNO2S/c1-7-2-3-13(5-9(7)14)11(15)8-4-10(12)16-6-8/h4,6-7,9,14H,2-3,5H2,1H3. The highest BCUT2D eigenvalue weighted by Gasteiger charge is 2.28. The number of thiophene rings is 1. The van der Waals surface area contributed by atoms with E-state index in [-0.39, 0.29) is 12.0 Å². The molecule has 0 aliphatic carbocycles. The van der Waals surface area contributed by atoms with Gasteiger partial charge in [-0.1, -0.05) is 6.92 Å². The van der Waals surface area contributed by atoms with Crippen molar-refractivity contribution in [2.45, 2.75) is 19.4 Å². The van der Waals surface area contributed by atoms with E-state index in [2.05, 4.69) is 15.9 Å².